The second-order valence-electron chi connectivity index (χ2n) is 3.27. The Morgan fingerprint density at radius 1 is 1.25 bits per heavy atom. The first-order valence-corrected chi connectivity index (χ1v) is 5.67. The molecule has 0 bridgehead atoms. The first kappa shape index (κ1) is 11.3. The minimum atomic E-state index is -4.10. The summed E-state index contributed by atoms with van der Waals surface area (Å²) in [6, 6.07) is 7.35. The molecule has 0 spiro atoms. The number of hydrogen-bond donors (Lipinski definition) is 1. The Morgan fingerprint density at radius 3 is 2.69 bits per heavy atom. The van der Waals surface area contributed by atoms with Gasteiger partial charge in [0.15, 0.2) is 5.16 Å². The lowest BCUT2D eigenvalue weighted by Gasteiger charge is -2.03. The predicted molar refractivity (Wildman–Crippen MR) is 57.5 cm³/mol. The van der Waals surface area contributed by atoms with E-state index in [0.29, 0.717) is 5.16 Å². The van der Waals surface area contributed by atoms with E-state index >= 15 is 0 Å². The first-order chi connectivity index (χ1) is 7.54. The SMILES string of the molecule is FC(F)(F)CCSc1nc2ccccc2[nH]1. The van der Waals surface area contributed by atoms with Crippen molar-refractivity contribution in [3.63, 3.8) is 0 Å². The number of fused-ring (bicyclic) bond motifs is 1. The number of aromatic amines is 1. The van der Waals surface area contributed by atoms with Crippen LogP contribution in [0.15, 0.2) is 29.4 Å². The van der Waals surface area contributed by atoms with E-state index in [2.05, 4.69) is 9.97 Å². The van der Waals surface area contributed by atoms with E-state index in [1.54, 1.807) is 0 Å². The van der Waals surface area contributed by atoms with Gasteiger partial charge in [0.25, 0.3) is 0 Å². The summed E-state index contributed by atoms with van der Waals surface area (Å²) in [5.74, 6) is -0.0106. The van der Waals surface area contributed by atoms with E-state index < -0.39 is 12.6 Å². The van der Waals surface area contributed by atoms with Crippen molar-refractivity contribution in [3.05, 3.63) is 24.3 Å². The number of rotatable bonds is 3. The van der Waals surface area contributed by atoms with Crippen LogP contribution in [0.3, 0.4) is 0 Å². The number of benzene rings is 1. The number of nitrogens with one attached hydrogen (secondary N) is 1. The Hall–Kier alpha value is -1.17. The summed E-state index contributed by atoms with van der Waals surface area (Å²) in [6.45, 7) is 0. The molecular weight excluding hydrogens is 237 g/mol. The van der Waals surface area contributed by atoms with Gasteiger partial charge in [0.05, 0.1) is 17.5 Å². The number of aromatic nitrogens is 2. The fourth-order valence-corrected chi connectivity index (χ4v) is 2.13. The third-order valence-corrected chi connectivity index (χ3v) is 2.87. The van der Waals surface area contributed by atoms with Crippen LogP contribution < -0.4 is 0 Å². The van der Waals surface area contributed by atoms with E-state index in [4.69, 9.17) is 0 Å². The van der Waals surface area contributed by atoms with Crippen LogP contribution in [0.4, 0.5) is 13.2 Å². The lowest BCUT2D eigenvalue weighted by atomic mass is 10.3. The topological polar surface area (TPSA) is 28.7 Å². The van der Waals surface area contributed by atoms with Gasteiger partial charge in [-0.2, -0.15) is 13.2 Å². The van der Waals surface area contributed by atoms with Crippen molar-refractivity contribution < 1.29 is 13.2 Å². The van der Waals surface area contributed by atoms with Crippen molar-refractivity contribution in [1.29, 1.82) is 0 Å². The van der Waals surface area contributed by atoms with Gasteiger partial charge in [-0.05, 0) is 12.1 Å². The van der Waals surface area contributed by atoms with E-state index in [1.165, 1.54) is 0 Å². The molecule has 0 radical (unpaired) electrons. The smallest absolute Gasteiger partial charge is 0.333 e. The minimum Gasteiger partial charge on any atom is -0.333 e. The largest absolute Gasteiger partial charge is 0.389 e. The van der Waals surface area contributed by atoms with Crippen LogP contribution in [-0.2, 0) is 0 Å². The van der Waals surface area contributed by atoms with Crippen molar-refractivity contribution in [2.24, 2.45) is 0 Å². The molecule has 16 heavy (non-hydrogen) atoms. The monoisotopic (exact) mass is 246 g/mol. The lowest BCUT2D eigenvalue weighted by Crippen LogP contribution is -2.08. The summed E-state index contributed by atoms with van der Waals surface area (Å²) < 4.78 is 35.8. The van der Waals surface area contributed by atoms with Gasteiger partial charge in [-0.15, -0.1) is 0 Å². The summed E-state index contributed by atoms with van der Waals surface area (Å²) in [5, 5.41) is 0.533. The third kappa shape index (κ3) is 2.91. The van der Waals surface area contributed by atoms with Crippen molar-refractivity contribution in [1.82, 2.24) is 9.97 Å². The molecule has 1 heterocycles. The van der Waals surface area contributed by atoms with Gasteiger partial charge < -0.3 is 4.98 Å². The minimum absolute atomic E-state index is 0.0106. The maximum absolute atomic E-state index is 11.9. The van der Waals surface area contributed by atoms with Gasteiger partial charge >= 0.3 is 6.18 Å². The first-order valence-electron chi connectivity index (χ1n) is 4.69. The highest BCUT2D eigenvalue weighted by Crippen LogP contribution is 2.25. The number of imidazole rings is 1. The molecule has 2 rings (SSSR count). The second kappa shape index (κ2) is 4.37. The summed E-state index contributed by atoms with van der Waals surface area (Å²) >= 11 is 1.09. The molecule has 0 aliphatic rings. The van der Waals surface area contributed by atoms with Crippen LogP contribution in [-0.4, -0.2) is 21.9 Å². The van der Waals surface area contributed by atoms with Crippen LogP contribution in [0, 0.1) is 0 Å². The molecule has 0 amide bonds. The van der Waals surface area contributed by atoms with Crippen LogP contribution in [0.5, 0.6) is 0 Å². The number of thioether (sulfide) groups is 1. The fraction of sp³-hybridized carbons (Fsp3) is 0.300. The number of hydrogen-bond acceptors (Lipinski definition) is 2. The average Bonchev–Trinajstić information content (AvgIpc) is 2.57. The average molecular weight is 246 g/mol. The Labute approximate surface area is 94.3 Å². The number of halogens is 3. The molecule has 0 saturated carbocycles. The molecule has 0 unspecified atom stereocenters. The maximum Gasteiger partial charge on any atom is 0.389 e. The van der Waals surface area contributed by atoms with E-state index in [1.807, 2.05) is 24.3 Å². The molecule has 1 N–H and O–H groups in total. The molecule has 86 valence electrons. The van der Waals surface area contributed by atoms with Crippen LogP contribution in [0.2, 0.25) is 0 Å². The number of H-pyrrole nitrogens is 1. The van der Waals surface area contributed by atoms with Crippen LogP contribution >= 0.6 is 11.8 Å². The number of para-hydroxylation sites is 2. The number of nitrogens with zero attached hydrogens (tertiary/aromatic N) is 1. The Bertz CT molecular complexity index is 445. The quantitative estimate of drug-likeness (QED) is 0.838. The zero-order chi connectivity index (χ0) is 11.6. The van der Waals surface area contributed by atoms with Gasteiger partial charge in [0.2, 0.25) is 0 Å². The molecule has 0 fully saturated rings. The zero-order valence-electron chi connectivity index (χ0n) is 8.21. The highest BCUT2D eigenvalue weighted by molar-refractivity contribution is 7.99. The molecule has 0 aliphatic heterocycles. The predicted octanol–water partition coefficient (Wildman–Crippen LogP) is 3.61. The van der Waals surface area contributed by atoms with E-state index in [0.717, 1.165) is 22.8 Å². The van der Waals surface area contributed by atoms with Gasteiger partial charge in [-0.1, -0.05) is 23.9 Å². The Kier molecular flexibility index (Phi) is 3.09. The Balaban J connectivity index is 2.00. The molecule has 1 aromatic carbocycles. The standard InChI is InChI=1S/C10H9F3N2S/c11-10(12,13)5-6-16-9-14-7-3-1-2-4-8(7)15-9/h1-4H,5-6H2,(H,14,15). The highest BCUT2D eigenvalue weighted by Gasteiger charge is 2.26. The summed E-state index contributed by atoms with van der Waals surface area (Å²) in [6.07, 6.45) is -4.90. The van der Waals surface area contributed by atoms with Crippen LogP contribution in [0.1, 0.15) is 6.42 Å². The van der Waals surface area contributed by atoms with Gasteiger partial charge in [-0.3, -0.25) is 0 Å². The molecule has 2 nitrogen and oxygen atoms in total. The zero-order valence-corrected chi connectivity index (χ0v) is 9.03. The van der Waals surface area contributed by atoms with Crippen molar-refractivity contribution in [2.45, 2.75) is 17.8 Å². The summed E-state index contributed by atoms with van der Waals surface area (Å²) in [7, 11) is 0. The molecule has 2 aromatic rings. The highest BCUT2D eigenvalue weighted by atomic mass is 32.2. The molecule has 0 saturated heterocycles. The number of alkyl halides is 3. The maximum atomic E-state index is 11.9. The molecule has 6 heteroatoms. The van der Waals surface area contributed by atoms with Gasteiger partial charge in [0.1, 0.15) is 0 Å². The summed E-state index contributed by atoms with van der Waals surface area (Å²) in [4.78, 5) is 7.14. The molecule has 0 aliphatic carbocycles. The van der Waals surface area contributed by atoms with Crippen molar-refractivity contribution >= 4 is 22.8 Å². The van der Waals surface area contributed by atoms with E-state index in [-0.39, 0.29) is 5.75 Å². The third-order valence-electron chi connectivity index (χ3n) is 1.99. The van der Waals surface area contributed by atoms with Crippen molar-refractivity contribution in [3.8, 4) is 0 Å². The van der Waals surface area contributed by atoms with Gasteiger partial charge in [-0.25, -0.2) is 4.98 Å². The Morgan fingerprint density at radius 2 is 2.00 bits per heavy atom. The summed E-state index contributed by atoms with van der Waals surface area (Å²) in [5.41, 5.74) is 1.62. The fourth-order valence-electron chi connectivity index (χ4n) is 1.26. The molecule has 0 atom stereocenters. The van der Waals surface area contributed by atoms with Crippen LogP contribution in [0.25, 0.3) is 11.0 Å². The molecular formula is C10H9F3N2S. The lowest BCUT2D eigenvalue weighted by molar-refractivity contribution is -0.129. The van der Waals surface area contributed by atoms with Gasteiger partial charge in [0, 0.05) is 5.75 Å². The van der Waals surface area contributed by atoms with Crippen molar-refractivity contribution in [2.75, 3.05) is 5.75 Å². The van der Waals surface area contributed by atoms with E-state index in [9.17, 15) is 13.2 Å². The normalized spacial score (nSPS) is 12.2. The second-order valence-corrected chi connectivity index (χ2v) is 4.36. The molecule has 1 aromatic heterocycles.